The Kier molecular flexibility index (Phi) is 3.90. The molecule has 0 fully saturated rings. The fourth-order valence-corrected chi connectivity index (χ4v) is 1.57. The Bertz CT molecular complexity index is 433. The van der Waals surface area contributed by atoms with Crippen LogP contribution >= 0.6 is 34.8 Å². The van der Waals surface area contributed by atoms with Gasteiger partial charge in [0.2, 0.25) is 5.24 Å². The summed E-state index contributed by atoms with van der Waals surface area (Å²) in [5.74, 6) is 0. The van der Waals surface area contributed by atoms with Gasteiger partial charge < -0.3 is 0 Å². The number of non-ortho nitro benzene ring substituents is 1. The molecular formula is C8H4Cl3NO3. The third-order valence-corrected chi connectivity index (χ3v) is 2.60. The fourth-order valence-electron chi connectivity index (χ4n) is 1.01. The predicted molar refractivity (Wildman–Crippen MR) is 57.7 cm³/mol. The Morgan fingerprint density at radius 3 is 2.47 bits per heavy atom. The van der Waals surface area contributed by atoms with Crippen LogP contribution in [-0.4, -0.2) is 10.2 Å². The van der Waals surface area contributed by atoms with Crippen LogP contribution in [0, 0.1) is 10.1 Å². The van der Waals surface area contributed by atoms with E-state index >= 15 is 0 Å². The summed E-state index contributed by atoms with van der Waals surface area (Å²) < 4.78 is 0. The van der Waals surface area contributed by atoms with Crippen molar-refractivity contribution in [3.8, 4) is 0 Å². The highest BCUT2D eigenvalue weighted by Crippen LogP contribution is 2.31. The van der Waals surface area contributed by atoms with E-state index in [0.717, 1.165) is 6.07 Å². The van der Waals surface area contributed by atoms with Crippen molar-refractivity contribution in [3.05, 3.63) is 37.9 Å². The molecule has 0 heterocycles. The molecular weight excluding hydrogens is 264 g/mol. The molecule has 0 saturated carbocycles. The summed E-state index contributed by atoms with van der Waals surface area (Å²) in [6, 6.07) is 2.29. The van der Waals surface area contributed by atoms with Crippen LogP contribution in [0.2, 0.25) is 10.0 Å². The van der Waals surface area contributed by atoms with Gasteiger partial charge in [0.05, 0.1) is 15.0 Å². The number of carbonyl (C=O) groups is 1. The first-order chi connectivity index (χ1) is 6.91. The second-order valence-electron chi connectivity index (χ2n) is 2.69. The van der Waals surface area contributed by atoms with Crippen molar-refractivity contribution >= 4 is 45.7 Å². The van der Waals surface area contributed by atoms with Crippen molar-refractivity contribution in [2.45, 2.75) is 6.42 Å². The predicted octanol–water partition coefficient (Wildman–Crippen LogP) is 3.21. The number of nitro benzene ring substituents is 1. The molecule has 0 bridgehead atoms. The van der Waals surface area contributed by atoms with Gasteiger partial charge in [0.1, 0.15) is 0 Å². The molecule has 0 atom stereocenters. The van der Waals surface area contributed by atoms with Crippen molar-refractivity contribution in [2.75, 3.05) is 0 Å². The van der Waals surface area contributed by atoms with Crippen LogP contribution < -0.4 is 0 Å². The maximum atomic E-state index is 10.7. The fraction of sp³-hybridized carbons (Fsp3) is 0.125. The molecule has 0 aliphatic rings. The number of nitrogens with zero attached hydrogens (tertiary/aromatic N) is 1. The Labute approximate surface area is 99.9 Å². The number of rotatable bonds is 3. The molecule has 0 amide bonds. The van der Waals surface area contributed by atoms with Crippen molar-refractivity contribution in [1.82, 2.24) is 0 Å². The summed E-state index contributed by atoms with van der Waals surface area (Å²) >= 11 is 16.6. The van der Waals surface area contributed by atoms with Crippen LogP contribution in [-0.2, 0) is 11.2 Å². The molecule has 0 unspecified atom stereocenters. The van der Waals surface area contributed by atoms with Crippen LogP contribution in [0.25, 0.3) is 0 Å². The van der Waals surface area contributed by atoms with Gasteiger partial charge in [-0.2, -0.15) is 0 Å². The number of hydrogen-bond acceptors (Lipinski definition) is 3. The van der Waals surface area contributed by atoms with E-state index in [1.54, 1.807) is 0 Å². The van der Waals surface area contributed by atoms with Crippen molar-refractivity contribution < 1.29 is 9.72 Å². The lowest BCUT2D eigenvalue weighted by Crippen LogP contribution is -1.97. The van der Waals surface area contributed by atoms with Crippen molar-refractivity contribution in [2.24, 2.45) is 0 Å². The summed E-state index contributed by atoms with van der Waals surface area (Å²) in [6.07, 6.45) is -0.193. The van der Waals surface area contributed by atoms with Crippen molar-refractivity contribution in [3.63, 3.8) is 0 Å². The summed E-state index contributed by atoms with van der Waals surface area (Å²) in [5.41, 5.74) is 0.0215. The number of hydrogen-bond donors (Lipinski definition) is 0. The minimum atomic E-state index is -0.659. The second-order valence-corrected chi connectivity index (χ2v) is 3.90. The molecule has 0 aliphatic carbocycles. The molecule has 0 spiro atoms. The second kappa shape index (κ2) is 4.79. The third-order valence-electron chi connectivity index (χ3n) is 1.63. The number of carbonyl (C=O) groups excluding carboxylic acids is 1. The van der Waals surface area contributed by atoms with E-state index in [4.69, 9.17) is 34.8 Å². The molecule has 1 aromatic rings. The van der Waals surface area contributed by atoms with Gasteiger partial charge in [-0.3, -0.25) is 14.9 Å². The average molecular weight is 268 g/mol. The zero-order valence-corrected chi connectivity index (χ0v) is 9.44. The Morgan fingerprint density at radius 1 is 1.40 bits per heavy atom. The quantitative estimate of drug-likeness (QED) is 0.480. The van der Waals surface area contributed by atoms with Gasteiger partial charge in [0.25, 0.3) is 5.69 Å². The van der Waals surface area contributed by atoms with Crippen LogP contribution in [0.1, 0.15) is 5.56 Å². The van der Waals surface area contributed by atoms with Gasteiger partial charge in [0.15, 0.2) is 0 Å². The number of benzene rings is 1. The van der Waals surface area contributed by atoms with E-state index in [0.29, 0.717) is 0 Å². The van der Waals surface area contributed by atoms with Gasteiger partial charge in [-0.05, 0) is 17.2 Å². The molecule has 0 saturated heterocycles. The highest BCUT2D eigenvalue weighted by molar-refractivity contribution is 6.63. The van der Waals surface area contributed by atoms with E-state index in [1.807, 2.05) is 0 Å². The molecule has 4 nitrogen and oxygen atoms in total. The highest BCUT2D eigenvalue weighted by atomic mass is 35.5. The van der Waals surface area contributed by atoms with Gasteiger partial charge >= 0.3 is 0 Å². The molecule has 0 aromatic heterocycles. The Balaban J connectivity index is 3.24. The number of halogens is 3. The first-order valence-corrected chi connectivity index (χ1v) is 4.86. The summed E-state index contributed by atoms with van der Waals surface area (Å²) in [6.45, 7) is 0. The minimum absolute atomic E-state index is 0.0267. The van der Waals surface area contributed by atoms with Crippen LogP contribution in [0.4, 0.5) is 5.69 Å². The molecule has 80 valence electrons. The van der Waals surface area contributed by atoms with E-state index in [1.165, 1.54) is 6.07 Å². The summed E-state index contributed by atoms with van der Waals surface area (Å²) in [4.78, 5) is 20.5. The SMILES string of the molecule is O=C(Cl)Cc1cc([N+](=O)[O-])cc(Cl)c1Cl. The number of nitro groups is 1. The van der Waals surface area contributed by atoms with E-state index < -0.39 is 10.2 Å². The Morgan fingerprint density at radius 2 is 2.00 bits per heavy atom. The molecule has 1 aromatic carbocycles. The standard InChI is InChI=1S/C8H4Cl3NO3/c9-6-3-5(12(14)15)1-4(8(6)11)2-7(10)13/h1,3H,2H2. The monoisotopic (exact) mass is 267 g/mol. The molecule has 1 rings (SSSR count). The van der Waals surface area contributed by atoms with Crippen LogP contribution in [0.15, 0.2) is 12.1 Å². The zero-order valence-electron chi connectivity index (χ0n) is 7.17. The molecule has 7 heteroatoms. The normalized spacial score (nSPS) is 10.1. The molecule has 0 aliphatic heterocycles. The lowest BCUT2D eigenvalue weighted by atomic mass is 10.1. The van der Waals surface area contributed by atoms with Gasteiger partial charge in [0, 0.05) is 18.6 Å². The smallest absolute Gasteiger partial charge is 0.271 e. The average Bonchev–Trinajstić information content (AvgIpc) is 2.11. The maximum absolute atomic E-state index is 10.7. The lowest BCUT2D eigenvalue weighted by Gasteiger charge is -2.03. The van der Waals surface area contributed by atoms with Crippen molar-refractivity contribution in [1.29, 1.82) is 0 Å². The highest BCUT2D eigenvalue weighted by Gasteiger charge is 2.15. The van der Waals surface area contributed by atoms with Gasteiger partial charge in [-0.1, -0.05) is 23.2 Å². The van der Waals surface area contributed by atoms with E-state index in [2.05, 4.69) is 0 Å². The zero-order chi connectivity index (χ0) is 11.6. The molecule has 15 heavy (non-hydrogen) atoms. The maximum Gasteiger partial charge on any atom is 0.271 e. The summed E-state index contributed by atoms with van der Waals surface area (Å²) in [5, 5.41) is 9.96. The first kappa shape index (κ1) is 12.2. The molecule has 0 radical (unpaired) electrons. The van der Waals surface area contributed by atoms with Crippen LogP contribution in [0.3, 0.4) is 0 Å². The first-order valence-electron chi connectivity index (χ1n) is 3.72. The van der Waals surface area contributed by atoms with Gasteiger partial charge in [-0.15, -0.1) is 0 Å². The topological polar surface area (TPSA) is 60.2 Å². The van der Waals surface area contributed by atoms with E-state index in [9.17, 15) is 14.9 Å². The van der Waals surface area contributed by atoms with E-state index in [-0.39, 0.29) is 27.7 Å². The largest absolute Gasteiger partial charge is 0.281 e. The molecule has 0 N–H and O–H groups in total. The van der Waals surface area contributed by atoms with Crippen LogP contribution in [0.5, 0.6) is 0 Å². The minimum Gasteiger partial charge on any atom is -0.281 e. The third kappa shape index (κ3) is 3.06. The summed E-state index contributed by atoms with van der Waals surface area (Å²) in [7, 11) is 0. The lowest BCUT2D eigenvalue weighted by molar-refractivity contribution is -0.384. The van der Waals surface area contributed by atoms with Gasteiger partial charge in [-0.25, -0.2) is 0 Å². The Hall–Kier alpha value is -0.840.